The quantitative estimate of drug-likeness (QED) is 0.831. The lowest BCUT2D eigenvalue weighted by Crippen LogP contribution is -2.42. The van der Waals surface area contributed by atoms with Crippen LogP contribution in [0, 0.1) is 5.92 Å². The number of aromatic nitrogens is 2. The average Bonchev–Trinajstić information content (AvgIpc) is 2.82. The third kappa shape index (κ3) is 2.25. The number of rotatable bonds is 2. The molecule has 0 radical (unpaired) electrons. The standard InChI is InChI=1S/C15H21N3O2/c1-10-9-11-5-3-4-6-13(11)18(10)15(19)12-7-8-14(20-2)17-16-12/h7-8,10-11,13H,3-6,9H2,1-2H3/t10-,11+,13+/m1/s1. The molecule has 108 valence electrons. The van der Waals surface area contributed by atoms with Crippen molar-refractivity contribution in [2.45, 2.75) is 51.1 Å². The predicted octanol–water partition coefficient (Wildman–Crippen LogP) is 2.28. The van der Waals surface area contributed by atoms with Crippen LogP contribution in [0.2, 0.25) is 0 Å². The van der Waals surface area contributed by atoms with Crippen LogP contribution in [-0.4, -0.2) is 40.2 Å². The fourth-order valence-corrected chi connectivity index (χ4v) is 3.73. The van der Waals surface area contributed by atoms with Gasteiger partial charge in [0.15, 0.2) is 5.69 Å². The highest BCUT2D eigenvalue weighted by Gasteiger charge is 2.43. The fraction of sp³-hybridized carbons (Fsp3) is 0.667. The van der Waals surface area contributed by atoms with E-state index in [9.17, 15) is 4.79 Å². The van der Waals surface area contributed by atoms with Crippen molar-refractivity contribution in [3.8, 4) is 5.88 Å². The second-order valence-electron chi connectivity index (χ2n) is 5.87. The number of likely N-dealkylation sites (tertiary alicyclic amines) is 1. The second-order valence-corrected chi connectivity index (χ2v) is 5.87. The molecule has 2 aliphatic rings. The Hall–Kier alpha value is -1.65. The van der Waals surface area contributed by atoms with Gasteiger partial charge in [-0.15, -0.1) is 10.2 Å². The van der Waals surface area contributed by atoms with Gasteiger partial charge in [0.2, 0.25) is 5.88 Å². The Balaban J connectivity index is 1.81. The summed E-state index contributed by atoms with van der Waals surface area (Å²) in [5.41, 5.74) is 0.420. The van der Waals surface area contributed by atoms with E-state index in [4.69, 9.17) is 4.74 Å². The third-order valence-electron chi connectivity index (χ3n) is 4.65. The molecule has 1 saturated heterocycles. The third-order valence-corrected chi connectivity index (χ3v) is 4.65. The van der Waals surface area contributed by atoms with Crippen molar-refractivity contribution in [3.05, 3.63) is 17.8 Å². The number of carbonyl (C=O) groups excluding carboxylic acids is 1. The molecule has 0 bridgehead atoms. The molecule has 1 saturated carbocycles. The lowest BCUT2D eigenvalue weighted by atomic mass is 9.85. The summed E-state index contributed by atoms with van der Waals surface area (Å²) in [6.07, 6.45) is 6.04. The summed E-state index contributed by atoms with van der Waals surface area (Å²) in [5.74, 6) is 1.13. The van der Waals surface area contributed by atoms with Crippen LogP contribution >= 0.6 is 0 Å². The smallest absolute Gasteiger partial charge is 0.274 e. The molecule has 1 aliphatic heterocycles. The van der Waals surface area contributed by atoms with Gasteiger partial charge in [-0.05, 0) is 38.2 Å². The topological polar surface area (TPSA) is 55.3 Å². The molecule has 0 N–H and O–H groups in total. The molecule has 5 heteroatoms. The van der Waals surface area contributed by atoms with E-state index in [0.717, 1.165) is 12.8 Å². The summed E-state index contributed by atoms with van der Waals surface area (Å²) >= 11 is 0. The predicted molar refractivity (Wildman–Crippen MR) is 74.6 cm³/mol. The summed E-state index contributed by atoms with van der Waals surface area (Å²) in [4.78, 5) is 14.7. The second kappa shape index (κ2) is 5.38. The zero-order valence-corrected chi connectivity index (χ0v) is 12.1. The number of hydrogen-bond donors (Lipinski definition) is 0. The van der Waals surface area contributed by atoms with Crippen LogP contribution in [0.5, 0.6) is 5.88 Å². The summed E-state index contributed by atoms with van der Waals surface area (Å²) in [6.45, 7) is 2.15. The highest BCUT2D eigenvalue weighted by atomic mass is 16.5. The largest absolute Gasteiger partial charge is 0.480 e. The van der Waals surface area contributed by atoms with Crippen LogP contribution in [0.1, 0.15) is 49.5 Å². The number of hydrogen-bond acceptors (Lipinski definition) is 4. The maximum Gasteiger partial charge on any atom is 0.274 e. The highest BCUT2D eigenvalue weighted by Crippen LogP contribution is 2.40. The van der Waals surface area contributed by atoms with Gasteiger partial charge in [0.1, 0.15) is 0 Å². The van der Waals surface area contributed by atoms with E-state index in [0.29, 0.717) is 29.6 Å². The van der Waals surface area contributed by atoms with Gasteiger partial charge in [0.05, 0.1) is 7.11 Å². The molecule has 3 rings (SSSR count). The molecule has 0 unspecified atom stereocenters. The molecule has 0 spiro atoms. The van der Waals surface area contributed by atoms with E-state index in [1.54, 1.807) is 19.2 Å². The monoisotopic (exact) mass is 275 g/mol. The van der Waals surface area contributed by atoms with Crippen molar-refractivity contribution in [1.82, 2.24) is 15.1 Å². The number of methoxy groups -OCH3 is 1. The molecule has 1 aromatic heterocycles. The van der Waals surface area contributed by atoms with Gasteiger partial charge < -0.3 is 9.64 Å². The minimum Gasteiger partial charge on any atom is -0.480 e. The minimum atomic E-state index is 0.0158. The van der Waals surface area contributed by atoms with Crippen LogP contribution in [-0.2, 0) is 0 Å². The average molecular weight is 275 g/mol. The first-order valence-corrected chi connectivity index (χ1v) is 7.41. The van der Waals surface area contributed by atoms with Crippen molar-refractivity contribution >= 4 is 5.91 Å². The van der Waals surface area contributed by atoms with Gasteiger partial charge in [0.25, 0.3) is 5.91 Å². The maximum atomic E-state index is 12.7. The maximum absolute atomic E-state index is 12.7. The Bertz CT molecular complexity index is 488. The summed E-state index contributed by atoms with van der Waals surface area (Å²) in [5, 5.41) is 7.90. The number of ether oxygens (including phenoxy) is 1. The number of fused-ring (bicyclic) bond motifs is 1. The minimum absolute atomic E-state index is 0.0158. The molecule has 1 amide bonds. The first kappa shape index (κ1) is 13.3. The van der Waals surface area contributed by atoms with Gasteiger partial charge in [-0.3, -0.25) is 4.79 Å². The van der Waals surface area contributed by atoms with Crippen LogP contribution in [0.3, 0.4) is 0 Å². The van der Waals surface area contributed by atoms with Crippen LogP contribution in [0.25, 0.3) is 0 Å². The van der Waals surface area contributed by atoms with Crippen LogP contribution < -0.4 is 4.74 Å². The summed E-state index contributed by atoms with van der Waals surface area (Å²) in [7, 11) is 1.54. The molecule has 2 fully saturated rings. The normalized spacial score (nSPS) is 29.1. The lowest BCUT2D eigenvalue weighted by molar-refractivity contribution is 0.0626. The molecular weight excluding hydrogens is 254 g/mol. The molecule has 3 atom stereocenters. The molecule has 20 heavy (non-hydrogen) atoms. The Labute approximate surface area is 119 Å². The van der Waals surface area contributed by atoms with E-state index in [1.165, 1.54) is 19.3 Å². The Kier molecular flexibility index (Phi) is 3.59. The molecule has 1 aliphatic carbocycles. The lowest BCUT2D eigenvalue weighted by Gasteiger charge is -2.32. The highest BCUT2D eigenvalue weighted by molar-refractivity contribution is 5.92. The van der Waals surface area contributed by atoms with Crippen molar-refractivity contribution in [3.63, 3.8) is 0 Å². The molecular formula is C15H21N3O2. The molecule has 2 heterocycles. The van der Waals surface area contributed by atoms with Crippen molar-refractivity contribution in [2.24, 2.45) is 5.92 Å². The number of nitrogens with zero attached hydrogens (tertiary/aromatic N) is 3. The zero-order valence-electron chi connectivity index (χ0n) is 12.1. The zero-order chi connectivity index (χ0) is 14.1. The Morgan fingerprint density at radius 1 is 1.30 bits per heavy atom. The van der Waals surface area contributed by atoms with E-state index >= 15 is 0 Å². The van der Waals surface area contributed by atoms with Crippen molar-refractivity contribution in [2.75, 3.05) is 7.11 Å². The summed E-state index contributed by atoms with van der Waals surface area (Å²) < 4.78 is 4.98. The Morgan fingerprint density at radius 2 is 2.10 bits per heavy atom. The van der Waals surface area contributed by atoms with Crippen LogP contribution in [0.4, 0.5) is 0 Å². The van der Waals surface area contributed by atoms with Crippen LogP contribution in [0.15, 0.2) is 12.1 Å². The Morgan fingerprint density at radius 3 is 2.80 bits per heavy atom. The van der Waals surface area contributed by atoms with Crippen molar-refractivity contribution < 1.29 is 9.53 Å². The van der Waals surface area contributed by atoms with Crippen molar-refractivity contribution in [1.29, 1.82) is 0 Å². The fourth-order valence-electron chi connectivity index (χ4n) is 3.73. The molecule has 1 aromatic rings. The number of amides is 1. The van der Waals surface area contributed by atoms with Gasteiger partial charge in [-0.2, -0.15) is 0 Å². The first-order chi connectivity index (χ1) is 9.70. The molecule has 0 aromatic carbocycles. The van der Waals surface area contributed by atoms with E-state index in [1.807, 2.05) is 4.90 Å². The first-order valence-electron chi connectivity index (χ1n) is 7.41. The van der Waals surface area contributed by atoms with Gasteiger partial charge in [-0.1, -0.05) is 12.8 Å². The number of carbonyl (C=O) groups is 1. The van der Waals surface area contributed by atoms with Gasteiger partial charge in [0, 0.05) is 18.2 Å². The summed E-state index contributed by atoms with van der Waals surface area (Å²) in [6, 6.07) is 4.10. The molecule has 5 nitrogen and oxygen atoms in total. The van der Waals surface area contributed by atoms with E-state index in [-0.39, 0.29) is 5.91 Å². The van der Waals surface area contributed by atoms with E-state index in [2.05, 4.69) is 17.1 Å². The van der Waals surface area contributed by atoms with E-state index < -0.39 is 0 Å². The van der Waals surface area contributed by atoms with Gasteiger partial charge in [-0.25, -0.2) is 0 Å². The SMILES string of the molecule is COc1ccc(C(=O)N2[C@H](C)C[C@@H]3CCCC[C@@H]32)nn1. The van der Waals surface area contributed by atoms with Gasteiger partial charge >= 0.3 is 0 Å².